The third kappa shape index (κ3) is 5.92. The second-order valence-electron chi connectivity index (χ2n) is 7.17. The van der Waals surface area contributed by atoms with Crippen molar-refractivity contribution in [1.29, 1.82) is 0 Å². The van der Waals surface area contributed by atoms with Crippen LogP contribution in [0.1, 0.15) is 20.7 Å². The van der Waals surface area contributed by atoms with Gasteiger partial charge in [-0.05, 0) is 48.5 Å². The lowest BCUT2D eigenvalue weighted by Gasteiger charge is -2.12. The number of phenolic OH excluding ortho intramolecular Hbond substituents is 2. The monoisotopic (exact) mass is 488 g/mol. The largest absolute Gasteiger partial charge is 0.508 e. The maximum absolute atomic E-state index is 12.9. The van der Waals surface area contributed by atoms with Crippen molar-refractivity contribution < 1.29 is 19.8 Å². The Kier molecular flexibility index (Phi) is 7.41. The molecule has 34 heavy (non-hydrogen) atoms. The molecule has 0 unspecified atom stereocenters. The summed E-state index contributed by atoms with van der Waals surface area (Å²) in [6, 6.07) is 27.1. The van der Waals surface area contributed by atoms with Gasteiger partial charge in [0.15, 0.2) is 0 Å². The van der Waals surface area contributed by atoms with E-state index in [1.165, 1.54) is 45.9 Å². The molecule has 8 heteroatoms. The number of benzene rings is 4. The van der Waals surface area contributed by atoms with Gasteiger partial charge in [-0.1, -0.05) is 58.0 Å². The van der Waals surface area contributed by atoms with Crippen molar-refractivity contribution in [3.63, 3.8) is 0 Å². The molecule has 0 fully saturated rings. The summed E-state index contributed by atoms with van der Waals surface area (Å²) in [5, 5.41) is 24.9. The molecule has 2 amide bonds. The normalized spacial score (nSPS) is 10.5. The minimum absolute atomic E-state index is 0.0663. The van der Waals surface area contributed by atoms with Crippen LogP contribution in [0.3, 0.4) is 0 Å². The summed E-state index contributed by atoms with van der Waals surface area (Å²) < 4.78 is 0. The Bertz CT molecular complexity index is 1240. The van der Waals surface area contributed by atoms with Crippen molar-refractivity contribution in [2.75, 3.05) is 10.6 Å². The maximum atomic E-state index is 12.9. The molecule has 0 saturated carbocycles. The number of aromatic hydroxyl groups is 2. The van der Waals surface area contributed by atoms with E-state index >= 15 is 0 Å². The fourth-order valence-electron chi connectivity index (χ4n) is 3.11. The Hall–Kier alpha value is -3.88. The number of hydrogen-bond acceptors (Lipinski definition) is 6. The molecule has 4 N–H and O–H groups in total. The van der Waals surface area contributed by atoms with Gasteiger partial charge in [-0.3, -0.25) is 9.59 Å². The number of carbonyl (C=O) groups excluding carboxylic acids is 2. The average molecular weight is 489 g/mol. The SMILES string of the molecule is O=C(Nc1cccc(O)c1)c1ccccc1SSc1ccccc1C(=O)Nc1cccc(O)c1. The smallest absolute Gasteiger partial charge is 0.256 e. The first-order chi connectivity index (χ1) is 16.5. The van der Waals surface area contributed by atoms with Gasteiger partial charge < -0.3 is 20.8 Å². The van der Waals surface area contributed by atoms with Gasteiger partial charge in [0, 0.05) is 33.3 Å². The number of anilines is 2. The molecule has 0 saturated heterocycles. The van der Waals surface area contributed by atoms with Crippen LogP contribution in [0.4, 0.5) is 11.4 Å². The van der Waals surface area contributed by atoms with Gasteiger partial charge in [0.25, 0.3) is 11.8 Å². The van der Waals surface area contributed by atoms with Gasteiger partial charge in [0.2, 0.25) is 0 Å². The van der Waals surface area contributed by atoms with Gasteiger partial charge in [0.05, 0.1) is 11.1 Å². The van der Waals surface area contributed by atoms with E-state index in [0.29, 0.717) is 22.5 Å². The Balaban J connectivity index is 1.49. The van der Waals surface area contributed by atoms with E-state index in [9.17, 15) is 19.8 Å². The summed E-state index contributed by atoms with van der Waals surface area (Å²) in [6.45, 7) is 0. The fourth-order valence-corrected chi connectivity index (χ4v) is 5.47. The first-order valence-corrected chi connectivity index (χ1v) is 12.4. The van der Waals surface area contributed by atoms with Gasteiger partial charge in [0.1, 0.15) is 11.5 Å². The fraction of sp³-hybridized carbons (Fsp3) is 0. The van der Waals surface area contributed by atoms with E-state index in [0.717, 1.165) is 9.79 Å². The predicted octanol–water partition coefficient (Wildman–Crippen LogP) is 6.40. The zero-order valence-electron chi connectivity index (χ0n) is 17.8. The van der Waals surface area contributed by atoms with E-state index in [2.05, 4.69) is 10.6 Å². The minimum atomic E-state index is -0.302. The van der Waals surface area contributed by atoms with Crippen LogP contribution < -0.4 is 10.6 Å². The van der Waals surface area contributed by atoms with Crippen molar-refractivity contribution in [2.24, 2.45) is 0 Å². The van der Waals surface area contributed by atoms with Gasteiger partial charge in [-0.15, -0.1) is 0 Å². The van der Waals surface area contributed by atoms with Crippen LogP contribution in [0.2, 0.25) is 0 Å². The predicted molar refractivity (Wildman–Crippen MR) is 137 cm³/mol. The molecule has 4 rings (SSSR count). The second kappa shape index (κ2) is 10.8. The number of phenols is 2. The Morgan fingerprint density at radius 1 is 0.559 bits per heavy atom. The Morgan fingerprint density at radius 3 is 1.38 bits per heavy atom. The van der Waals surface area contributed by atoms with E-state index in [-0.39, 0.29) is 23.3 Å². The topological polar surface area (TPSA) is 98.7 Å². The first-order valence-electron chi connectivity index (χ1n) is 10.2. The first kappa shape index (κ1) is 23.3. The second-order valence-corrected chi connectivity index (χ2v) is 9.38. The lowest BCUT2D eigenvalue weighted by atomic mass is 10.2. The summed E-state index contributed by atoms with van der Waals surface area (Å²) in [6.07, 6.45) is 0. The molecule has 0 aromatic heterocycles. The number of hydrogen-bond donors (Lipinski definition) is 4. The van der Waals surface area contributed by atoms with Crippen LogP contribution in [0, 0.1) is 0 Å². The zero-order valence-corrected chi connectivity index (χ0v) is 19.4. The number of amides is 2. The van der Waals surface area contributed by atoms with Crippen molar-refractivity contribution in [1.82, 2.24) is 0 Å². The third-order valence-electron chi connectivity index (χ3n) is 4.69. The van der Waals surface area contributed by atoms with E-state index in [1.807, 2.05) is 24.3 Å². The third-order valence-corrected chi connectivity index (χ3v) is 7.17. The molecular formula is C26H20N2O4S2. The van der Waals surface area contributed by atoms with Gasteiger partial charge >= 0.3 is 0 Å². The van der Waals surface area contributed by atoms with Crippen LogP contribution >= 0.6 is 21.6 Å². The quantitative estimate of drug-likeness (QED) is 0.225. The van der Waals surface area contributed by atoms with Crippen LogP contribution in [0.5, 0.6) is 11.5 Å². The zero-order chi connectivity index (χ0) is 23.9. The van der Waals surface area contributed by atoms with Gasteiger partial charge in [-0.25, -0.2) is 0 Å². The molecule has 6 nitrogen and oxygen atoms in total. The average Bonchev–Trinajstić information content (AvgIpc) is 2.83. The standard InChI is InChI=1S/C26H20N2O4S2/c29-19-9-5-7-17(15-19)27-25(31)21-11-1-3-13-23(21)33-34-24-14-4-2-12-22(24)26(32)28-18-8-6-10-20(30)16-18/h1-16,29-30H,(H,27,31)(H,28,32). The van der Waals surface area contributed by atoms with Crippen molar-refractivity contribution in [3.05, 3.63) is 108 Å². The molecule has 170 valence electrons. The molecular weight excluding hydrogens is 468 g/mol. The summed E-state index contributed by atoms with van der Waals surface area (Å²) >= 11 is 0. The van der Waals surface area contributed by atoms with Crippen LogP contribution in [-0.2, 0) is 0 Å². The minimum Gasteiger partial charge on any atom is -0.508 e. The highest BCUT2D eigenvalue weighted by molar-refractivity contribution is 8.76. The van der Waals surface area contributed by atoms with Crippen molar-refractivity contribution >= 4 is 44.8 Å². The maximum Gasteiger partial charge on any atom is 0.256 e. The summed E-state index contributed by atoms with van der Waals surface area (Å²) in [4.78, 5) is 27.2. The molecule has 4 aromatic rings. The molecule has 0 bridgehead atoms. The van der Waals surface area contributed by atoms with Crippen LogP contribution in [0.25, 0.3) is 0 Å². The lowest BCUT2D eigenvalue weighted by Crippen LogP contribution is -2.13. The molecule has 0 atom stereocenters. The summed E-state index contributed by atoms with van der Waals surface area (Å²) in [5.41, 5.74) is 1.94. The van der Waals surface area contributed by atoms with Crippen LogP contribution in [-0.4, -0.2) is 22.0 Å². The Morgan fingerprint density at radius 2 is 0.971 bits per heavy atom. The summed E-state index contributed by atoms with van der Waals surface area (Å²) in [5.74, 6) is -0.471. The van der Waals surface area contributed by atoms with E-state index < -0.39 is 0 Å². The highest BCUT2D eigenvalue weighted by atomic mass is 33.1. The van der Waals surface area contributed by atoms with E-state index in [1.54, 1.807) is 48.5 Å². The molecule has 0 aliphatic heterocycles. The van der Waals surface area contributed by atoms with Crippen molar-refractivity contribution in [2.45, 2.75) is 9.79 Å². The molecule has 0 radical (unpaired) electrons. The number of rotatable bonds is 7. The molecule has 0 aliphatic carbocycles. The number of carbonyl (C=O) groups is 2. The van der Waals surface area contributed by atoms with E-state index in [4.69, 9.17) is 0 Å². The highest BCUT2D eigenvalue weighted by Crippen LogP contribution is 2.40. The molecule has 0 heterocycles. The summed E-state index contributed by atoms with van der Waals surface area (Å²) in [7, 11) is 2.74. The lowest BCUT2D eigenvalue weighted by molar-refractivity contribution is 0.101. The van der Waals surface area contributed by atoms with Gasteiger partial charge in [-0.2, -0.15) is 0 Å². The van der Waals surface area contributed by atoms with Crippen LogP contribution in [0.15, 0.2) is 107 Å². The molecule has 4 aromatic carbocycles. The molecule has 0 aliphatic rings. The Labute approximate surface area is 204 Å². The van der Waals surface area contributed by atoms with Crippen molar-refractivity contribution in [3.8, 4) is 11.5 Å². The number of nitrogens with one attached hydrogen (secondary N) is 2. The highest BCUT2D eigenvalue weighted by Gasteiger charge is 2.16. The molecule has 0 spiro atoms.